The molecule has 0 bridgehead atoms. The van der Waals surface area contributed by atoms with Crippen LogP contribution in [0.4, 0.5) is 5.13 Å². The van der Waals surface area contributed by atoms with Gasteiger partial charge in [-0.1, -0.05) is 39.0 Å². The lowest BCUT2D eigenvalue weighted by molar-refractivity contribution is 0.174. The third kappa shape index (κ3) is 2.40. The molecule has 0 saturated carbocycles. The van der Waals surface area contributed by atoms with Gasteiger partial charge in [-0.05, 0) is 17.7 Å². The minimum atomic E-state index is 0.283. The number of anilines is 1. The summed E-state index contributed by atoms with van der Waals surface area (Å²) in [5.74, 6) is 2.33. The van der Waals surface area contributed by atoms with Gasteiger partial charge >= 0.3 is 0 Å². The number of hydrogen-bond donors (Lipinski definition) is 1. The van der Waals surface area contributed by atoms with E-state index in [1.54, 1.807) is 11.8 Å². The molecule has 0 saturated heterocycles. The van der Waals surface area contributed by atoms with E-state index in [9.17, 15) is 0 Å². The van der Waals surface area contributed by atoms with Crippen molar-refractivity contribution in [2.24, 2.45) is 0 Å². The fraction of sp³-hybridized carbons (Fsp3) is 0.200. The number of ether oxygens (including phenoxy) is 2. The Morgan fingerprint density at radius 3 is 2.83 bits per heavy atom. The summed E-state index contributed by atoms with van der Waals surface area (Å²) >= 11 is 6.50. The predicted molar refractivity (Wildman–Crippen MR) is 74.1 cm³/mol. The molecule has 0 amide bonds. The molecule has 1 aliphatic heterocycles. The van der Waals surface area contributed by atoms with E-state index in [1.807, 2.05) is 12.1 Å². The van der Waals surface area contributed by atoms with Crippen LogP contribution in [0.5, 0.6) is 11.5 Å². The van der Waals surface area contributed by atoms with Gasteiger partial charge in [-0.2, -0.15) is 0 Å². The van der Waals surface area contributed by atoms with E-state index in [4.69, 9.17) is 15.2 Å². The van der Waals surface area contributed by atoms with Gasteiger partial charge in [0, 0.05) is 10.2 Å². The molecule has 18 heavy (non-hydrogen) atoms. The molecule has 5 nitrogen and oxygen atoms in total. The van der Waals surface area contributed by atoms with Gasteiger partial charge in [0.05, 0.1) is 0 Å². The van der Waals surface area contributed by atoms with Crippen LogP contribution in [0, 0.1) is 0 Å². The van der Waals surface area contributed by atoms with Crippen LogP contribution in [0.1, 0.15) is 5.56 Å². The van der Waals surface area contributed by atoms with Crippen molar-refractivity contribution in [1.82, 2.24) is 10.2 Å². The molecule has 3 rings (SSSR count). The Balaban J connectivity index is 1.76. The van der Waals surface area contributed by atoms with Crippen molar-refractivity contribution < 1.29 is 9.47 Å². The maximum atomic E-state index is 5.54. The first-order chi connectivity index (χ1) is 8.72. The van der Waals surface area contributed by atoms with Crippen LogP contribution in [0.3, 0.4) is 0 Å². The molecule has 1 aromatic carbocycles. The summed E-state index contributed by atoms with van der Waals surface area (Å²) in [6.07, 6.45) is 0. The molecular formula is C10H8BrN3O2S2. The normalized spacial score (nSPS) is 12.9. The van der Waals surface area contributed by atoms with Crippen LogP contribution >= 0.6 is 39.0 Å². The Morgan fingerprint density at radius 1 is 1.33 bits per heavy atom. The third-order valence-corrected chi connectivity index (χ3v) is 4.99. The molecule has 2 aromatic rings. The zero-order chi connectivity index (χ0) is 12.5. The highest BCUT2D eigenvalue weighted by Crippen LogP contribution is 2.39. The van der Waals surface area contributed by atoms with Gasteiger partial charge in [-0.3, -0.25) is 0 Å². The number of nitrogens with two attached hydrogens (primary N) is 1. The van der Waals surface area contributed by atoms with Gasteiger partial charge in [0.15, 0.2) is 15.8 Å². The van der Waals surface area contributed by atoms with E-state index in [2.05, 4.69) is 26.1 Å². The summed E-state index contributed by atoms with van der Waals surface area (Å²) in [5.41, 5.74) is 6.66. The molecule has 0 unspecified atom stereocenters. The van der Waals surface area contributed by atoms with Crippen LogP contribution in [-0.4, -0.2) is 17.0 Å². The summed E-state index contributed by atoms with van der Waals surface area (Å²) in [7, 11) is 0. The molecular weight excluding hydrogens is 338 g/mol. The highest BCUT2D eigenvalue weighted by molar-refractivity contribution is 9.10. The van der Waals surface area contributed by atoms with Crippen molar-refractivity contribution in [3.63, 3.8) is 0 Å². The number of aromatic nitrogens is 2. The maximum absolute atomic E-state index is 5.54. The number of nitrogen functional groups attached to an aromatic ring is 1. The first kappa shape index (κ1) is 12.1. The second-order valence-corrected chi connectivity index (χ2v) is 6.58. The molecule has 1 aromatic heterocycles. The highest BCUT2D eigenvalue weighted by Gasteiger charge is 2.16. The van der Waals surface area contributed by atoms with E-state index in [1.165, 1.54) is 11.3 Å². The molecule has 2 heterocycles. The Morgan fingerprint density at radius 2 is 2.11 bits per heavy atom. The smallest absolute Gasteiger partial charge is 0.231 e. The monoisotopic (exact) mass is 345 g/mol. The second kappa shape index (κ2) is 4.94. The summed E-state index contributed by atoms with van der Waals surface area (Å²) in [6, 6.07) is 3.90. The van der Waals surface area contributed by atoms with Crippen molar-refractivity contribution in [2.45, 2.75) is 10.1 Å². The van der Waals surface area contributed by atoms with Crippen molar-refractivity contribution in [3.05, 3.63) is 22.2 Å². The standard InChI is InChI=1S/C10H8BrN3O2S2/c11-6-2-8-7(15-4-16-8)1-5(6)3-17-10-14-13-9(12)18-10/h1-2H,3-4H2,(H2,12,13). The third-order valence-electron chi connectivity index (χ3n) is 2.31. The van der Waals surface area contributed by atoms with Gasteiger partial charge in [0.25, 0.3) is 0 Å². The Hall–Kier alpha value is -0.990. The minimum absolute atomic E-state index is 0.283. The molecule has 0 atom stereocenters. The summed E-state index contributed by atoms with van der Waals surface area (Å²) in [4.78, 5) is 0. The number of fused-ring (bicyclic) bond motifs is 1. The molecule has 0 aliphatic carbocycles. The molecule has 0 spiro atoms. The van der Waals surface area contributed by atoms with Crippen LogP contribution < -0.4 is 15.2 Å². The van der Waals surface area contributed by atoms with Crippen molar-refractivity contribution in [2.75, 3.05) is 12.5 Å². The minimum Gasteiger partial charge on any atom is -0.454 e. The lowest BCUT2D eigenvalue weighted by Gasteiger charge is -2.04. The number of hydrogen-bond acceptors (Lipinski definition) is 7. The zero-order valence-corrected chi connectivity index (χ0v) is 12.3. The number of rotatable bonds is 3. The highest BCUT2D eigenvalue weighted by atomic mass is 79.9. The molecule has 2 N–H and O–H groups in total. The van der Waals surface area contributed by atoms with Crippen molar-refractivity contribution in [1.29, 1.82) is 0 Å². The Labute approximate surface area is 120 Å². The number of nitrogens with zero attached hydrogens (tertiary/aromatic N) is 2. The molecule has 94 valence electrons. The fourth-order valence-corrected chi connectivity index (χ4v) is 3.76. The number of benzene rings is 1. The van der Waals surface area contributed by atoms with E-state index < -0.39 is 0 Å². The van der Waals surface area contributed by atoms with E-state index in [0.29, 0.717) is 5.13 Å². The zero-order valence-electron chi connectivity index (χ0n) is 9.05. The van der Waals surface area contributed by atoms with E-state index in [0.717, 1.165) is 31.6 Å². The summed E-state index contributed by atoms with van der Waals surface area (Å²) in [5, 5.41) is 8.23. The molecule has 0 radical (unpaired) electrons. The van der Waals surface area contributed by atoms with Crippen molar-refractivity contribution in [3.8, 4) is 11.5 Å². The predicted octanol–water partition coefficient (Wildman–Crippen LogP) is 2.90. The SMILES string of the molecule is Nc1nnc(SCc2cc3c(cc2Br)OCO3)s1. The lowest BCUT2D eigenvalue weighted by Crippen LogP contribution is -1.92. The summed E-state index contributed by atoms with van der Waals surface area (Å²) in [6.45, 7) is 0.283. The fourth-order valence-electron chi connectivity index (χ4n) is 1.49. The quantitative estimate of drug-likeness (QED) is 0.862. The van der Waals surface area contributed by atoms with Crippen LogP contribution in [0.2, 0.25) is 0 Å². The van der Waals surface area contributed by atoms with Gasteiger partial charge in [-0.25, -0.2) is 0 Å². The van der Waals surface area contributed by atoms with E-state index in [-0.39, 0.29) is 6.79 Å². The number of halogens is 1. The van der Waals surface area contributed by atoms with Gasteiger partial charge < -0.3 is 15.2 Å². The first-order valence-electron chi connectivity index (χ1n) is 5.02. The number of thioether (sulfide) groups is 1. The maximum Gasteiger partial charge on any atom is 0.231 e. The van der Waals surface area contributed by atoms with Gasteiger partial charge in [-0.15, -0.1) is 10.2 Å². The molecule has 0 fully saturated rings. The molecule has 8 heteroatoms. The second-order valence-electron chi connectivity index (χ2n) is 3.49. The van der Waals surface area contributed by atoms with Crippen LogP contribution in [-0.2, 0) is 5.75 Å². The first-order valence-corrected chi connectivity index (χ1v) is 7.61. The van der Waals surface area contributed by atoms with Crippen LogP contribution in [0.15, 0.2) is 20.9 Å². The average Bonchev–Trinajstić information content (AvgIpc) is 2.94. The molecule has 1 aliphatic rings. The largest absolute Gasteiger partial charge is 0.454 e. The lowest BCUT2D eigenvalue weighted by atomic mass is 10.2. The summed E-state index contributed by atoms with van der Waals surface area (Å²) < 4.78 is 12.5. The Kier molecular flexibility index (Phi) is 3.31. The van der Waals surface area contributed by atoms with Crippen LogP contribution in [0.25, 0.3) is 0 Å². The Bertz CT molecular complexity index is 590. The average molecular weight is 346 g/mol. The van der Waals surface area contributed by atoms with Gasteiger partial charge in [0.2, 0.25) is 11.9 Å². The van der Waals surface area contributed by atoms with Gasteiger partial charge in [0.1, 0.15) is 0 Å². The van der Waals surface area contributed by atoms with Crippen molar-refractivity contribution >= 4 is 44.2 Å². The van der Waals surface area contributed by atoms with E-state index >= 15 is 0 Å². The topological polar surface area (TPSA) is 70.3 Å².